The molecule has 0 fully saturated rings. The van der Waals surface area contributed by atoms with Gasteiger partial charge in [-0.15, -0.1) is 11.3 Å². The van der Waals surface area contributed by atoms with E-state index in [1.54, 1.807) is 5.38 Å². The average Bonchev–Trinajstić information content (AvgIpc) is 2.81. The zero-order chi connectivity index (χ0) is 13.1. The van der Waals surface area contributed by atoms with Gasteiger partial charge in [0.15, 0.2) is 5.78 Å². The number of carbonyl (C=O) groups excluding carboxylic acids is 1. The number of Topliss-reactive ketones (excluding diaryl/α,β-unsaturated/α-hetero) is 1. The molecule has 0 spiro atoms. The number of hydrogen-bond acceptors (Lipinski definition) is 4. The number of halogens is 1. The molecule has 0 bridgehead atoms. The minimum atomic E-state index is -0.125. The quantitative estimate of drug-likeness (QED) is 0.877. The van der Waals surface area contributed by atoms with E-state index < -0.39 is 0 Å². The fourth-order valence-corrected chi connectivity index (χ4v) is 2.74. The Bertz CT molecular complexity index is 566. The summed E-state index contributed by atoms with van der Waals surface area (Å²) in [6.45, 7) is 1.86. The van der Waals surface area contributed by atoms with Gasteiger partial charge in [0.2, 0.25) is 0 Å². The lowest BCUT2D eigenvalue weighted by Crippen LogP contribution is -2.07. The third-order valence-corrected chi connectivity index (χ3v) is 4.33. The molecular formula is C13H13BrN2OS. The molecule has 18 heavy (non-hydrogen) atoms. The molecule has 2 aromatic rings. The van der Waals surface area contributed by atoms with Gasteiger partial charge in [-0.25, -0.2) is 4.98 Å². The topological polar surface area (TPSA) is 56.0 Å². The monoisotopic (exact) mass is 324 g/mol. The van der Waals surface area contributed by atoms with Crippen LogP contribution in [-0.4, -0.2) is 10.8 Å². The fraction of sp³-hybridized carbons (Fsp3) is 0.231. The van der Waals surface area contributed by atoms with Gasteiger partial charge in [0.05, 0.1) is 6.04 Å². The third-order valence-electron chi connectivity index (χ3n) is 2.51. The molecular weight excluding hydrogens is 312 g/mol. The first-order chi connectivity index (χ1) is 8.58. The summed E-state index contributed by atoms with van der Waals surface area (Å²) < 4.78 is 0.945. The molecule has 1 heterocycles. The molecule has 0 aliphatic heterocycles. The third kappa shape index (κ3) is 3.04. The van der Waals surface area contributed by atoms with Crippen molar-refractivity contribution in [3.63, 3.8) is 0 Å². The van der Waals surface area contributed by atoms with E-state index in [1.165, 1.54) is 11.3 Å². The van der Waals surface area contributed by atoms with Gasteiger partial charge < -0.3 is 5.73 Å². The van der Waals surface area contributed by atoms with E-state index in [0.717, 1.165) is 15.0 Å². The maximum atomic E-state index is 12.1. The number of benzene rings is 1. The molecule has 94 valence electrons. The summed E-state index contributed by atoms with van der Waals surface area (Å²) in [4.78, 5) is 16.3. The summed E-state index contributed by atoms with van der Waals surface area (Å²) in [5, 5.41) is 2.57. The molecule has 1 unspecified atom stereocenters. The first kappa shape index (κ1) is 13.4. The predicted octanol–water partition coefficient (Wildman–Crippen LogP) is 3.35. The van der Waals surface area contributed by atoms with Gasteiger partial charge in [0.25, 0.3) is 0 Å². The van der Waals surface area contributed by atoms with Gasteiger partial charge in [0, 0.05) is 16.3 Å². The minimum Gasteiger partial charge on any atom is -0.322 e. The van der Waals surface area contributed by atoms with Crippen molar-refractivity contribution in [2.24, 2.45) is 5.73 Å². The van der Waals surface area contributed by atoms with Crippen LogP contribution in [0.2, 0.25) is 0 Å². The standard InChI is InChI=1S/C13H13BrN2OS/c1-8(15)13-16-11(7-18-13)12(17)6-9-4-2-3-5-10(9)14/h2-5,7-8H,6,15H2,1H3. The summed E-state index contributed by atoms with van der Waals surface area (Å²) in [5.74, 6) is 0.0186. The molecule has 0 saturated carbocycles. The van der Waals surface area contributed by atoms with Crippen molar-refractivity contribution in [3.05, 3.63) is 50.4 Å². The number of ketones is 1. The Balaban J connectivity index is 2.15. The SMILES string of the molecule is CC(N)c1nc(C(=O)Cc2ccccc2Br)cs1. The zero-order valence-corrected chi connectivity index (χ0v) is 12.3. The molecule has 0 saturated heterocycles. The van der Waals surface area contributed by atoms with E-state index in [0.29, 0.717) is 12.1 Å². The van der Waals surface area contributed by atoms with Crippen LogP contribution in [0.25, 0.3) is 0 Å². The Labute approximate surface area is 118 Å². The van der Waals surface area contributed by atoms with Crippen molar-refractivity contribution in [2.75, 3.05) is 0 Å². The Hall–Kier alpha value is -1.04. The van der Waals surface area contributed by atoms with Crippen molar-refractivity contribution in [2.45, 2.75) is 19.4 Å². The van der Waals surface area contributed by atoms with E-state index in [9.17, 15) is 4.79 Å². The highest BCUT2D eigenvalue weighted by molar-refractivity contribution is 9.10. The van der Waals surface area contributed by atoms with E-state index in [1.807, 2.05) is 31.2 Å². The van der Waals surface area contributed by atoms with Crippen molar-refractivity contribution < 1.29 is 4.79 Å². The van der Waals surface area contributed by atoms with Gasteiger partial charge in [-0.05, 0) is 18.6 Å². The number of rotatable bonds is 4. The molecule has 5 heteroatoms. The van der Waals surface area contributed by atoms with Crippen LogP contribution in [0.3, 0.4) is 0 Å². The molecule has 1 aromatic carbocycles. The Morgan fingerprint density at radius 1 is 1.50 bits per heavy atom. The molecule has 0 aliphatic carbocycles. The molecule has 1 atom stereocenters. The van der Waals surface area contributed by atoms with Crippen LogP contribution >= 0.6 is 27.3 Å². The summed E-state index contributed by atoms with van der Waals surface area (Å²) in [6.07, 6.45) is 0.351. The van der Waals surface area contributed by atoms with Crippen LogP contribution in [0.1, 0.15) is 34.0 Å². The Kier molecular flexibility index (Phi) is 4.27. The highest BCUT2D eigenvalue weighted by Gasteiger charge is 2.14. The van der Waals surface area contributed by atoms with Crippen LogP contribution in [0.15, 0.2) is 34.1 Å². The zero-order valence-electron chi connectivity index (χ0n) is 9.89. The maximum Gasteiger partial charge on any atom is 0.186 e. The number of nitrogens with zero attached hydrogens (tertiary/aromatic N) is 1. The Morgan fingerprint density at radius 3 is 2.83 bits per heavy atom. The van der Waals surface area contributed by atoms with E-state index in [4.69, 9.17) is 5.73 Å². The molecule has 0 aliphatic rings. The van der Waals surface area contributed by atoms with E-state index in [-0.39, 0.29) is 11.8 Å². The number of aromatic nitrogens is 1. The largest absolute Gasteiger partial charge is 0.322 e. The first-order valence-corrected chi connectivity index (χ1v) is 7.23. The lowest BCUT2D eigenvalue weighted by molar-refractivity contribution is 0.0988. The van der Waals surface area contributed by atoms with Crippen LogP contribution in [0.5, 0.6) is 0 Å². The summed E-state index contributed by atoms with van der Waals surface area (Å²) in [6, 6.07) is 7.58. The van der Waals surface area contributed by atoms with Crippen LogP contribution in [0, 0.1) is 0 Å². The van der Waals surface area contributed by atoms with Crippen LogP contribution in [-0.2, 0) is 6.42 Å². The molecule has 0 radical (unpaired) electrons. The molecule has 3 nitrogen and oxygen atoms in total. The van der Waals surface area contributed by atoms with Crippen LogP contribution in [0.4, 0.5) is 0 Å². The number of thiazole rings is 1. The van der Waals surface area contributed by atoms with Gasteiger partial charge in [0.1, 0.15) is 10.7 Å². The smallest absolute Gasteiger partial charge is 0.186 e. The van der Waals surface area contributed by atoms with Gasteiger partial charge in [-0.3, -0.25) is 4.79 Å². The lowest BCUT2D eigenvalue weighted by atomic mass is 10.1. The second-order valence-corrected chi connectivity index (χ2v) is 5.80. The molecule has 0 amide bonds. The summed E-state index contributed by atoms with van der Waals surface area (Å²) in [5.41, 5.74) is 7.21. The van der Waals surface area contributed by atoms with Gasteiger partial charge in [-0.2, -0.15) is 0 Å². The second-order valence-electron chi connectivity index (χ2n) is 4.05. The lowest BCUT2D eigenvalue weighted by Gasteiger charge is -2.02. The number of carbonyl (C=O) groups is 1. The normalized spacial score (nSPS) is 12.4. The minimum absolute atomic E-state index is 0.0186. The van der Waals surface area contributed by atoms with E-state index >= 15 is 0 Å². The average molecular weight is 325 g/mol. The summed E-state index contributed by atoms with van der Waals surface area (Å²) in [7, 11) is 0. The molecule has 2 N–H and O–H groups in total. The van der Waals surface area contributed by atoms with Gasteiger partial charge >= 0.3 is 0 Å². The van der Waals surface area contributed by atoms with Crippen molar-refractivity contribution in [1.82, 2.24) is 4.98 Å². The fourth-order valence-electron chi connectivity index (χ4n) is 1.53. The van der Waals surface area contributed by atoms with Crippen molar-refractivity contribution in [1.29, 1.82) is 0 Å². The Morgan fingerprint density at radius 2 is 2.22 bits per heavy atom. The van der Waals surface area contributed by atoms with Crippen LogP contribution < -0.4 is 5.73 Å². The van der Waals surface area contributed by atoms with E-state index in [2.05, 4.69) is 20.9 Å². The number of hydrogen-bond donors (Lipinski definition) is 1. The van der Waals surface area contributed by atoms with Crippen molar-refractivity contribution >= 4 is 33.0 Å². The van der Waals surface area contributed by atoms with Gasteiger partial charge in [-0.1, -0.05) is 34.1 Å². The number of nitrogens with two attached hydrogens (primary N) is 1. The van der Waals surface area contributed by atoms with Crippen molar-refractivity contribution in [3.8, 4) is 0 Å². The molecule has 2 rings (SSSR count). The highest BCUT2D eigenvalue weighted by atomic mass is 79.9. The summed E-state index contributed by atoms with van der Waals surface area (Å²) >= 11 is 4.87. The second kappa shape index (κ2) is 5.73. The predicted molar refractivity (Wildman–Crippen MR) is 76.9 cm³/mol. The molecule has 1 aromatic heterocycles. The highest BCUT2D eigenvalue weighted by Crippen LogP contribution is 2.20. The first-order valence-electron chi connectivity index (χ1n) is 5.55. The maximum absolute atomic E-state index is 12.1.